The molecule has 0 aliphatic carbocycles. The molecular weight excluding hydrogens is 270 g/mol. The molecule has 2 unspecified atom stereocenters. The van der Waals surface area contributed by atoms with Crippen molar-refractivity contribution in [3.8, 4) is 5.75 Å². The molecule has 0 amide bonds. The van der Waals surface area contributed by atoms with E-state index in [0.29, 0.717) is 5.92 Å². The maximum Gasteiger partial charge on any atom is 0.311 e. The second kappa shape index (κ2) is 5.52. The van der Waals surface area contributed by atoms with Crippen molar-refractivity contribution < 1.29 is 9.66 Å². The summed E-state index contributed by atoms with van der Waals surface area (Å²) in [5.41, 5.74) is 6.98. The van der Waals surface area contributed by atoms with E-state index in [1.165, 1.54) is 13.2 Å². The minimum absolute atomic E-state index is 0.0131. The Bertz CT molecular complexity index is 545. The molecule has 6 nitrogen and oxygen atoms in total. The van der Waals surface area contributed by atoms with Crippen LogP contribution in [0.4, 0.5) is 11.4 Å². The van der Waals surface area contributed by atoms with E-state index >= 15 is 0 Å². The molecule has 1 saturated heterocycles. The highest BCUT2D eigenvalue weighted by Crippen LogP contribution is 2.39. The predicted octanol–water partition coefficient (Wildman–Crippen LogP) is 2.56. The lowest BCUT2D eigenvalue weighted by molar-refractivity contribution is -0.385. The fraction of sp³-hybridized carbons (Fsp3) is 0.600. The number of nitrogens with two attached hydrogens (primary N) is 1. The van der Waals surface area contributed by atoms with E-state index in [1.807, 2.05) is 0 Å². The number of nitro groups is 1. The van der Waals surface area contributed by atoms with Crippen molar-refractivity contribution in [1.82, 2.24) is 0 Å². The summed E-state index contributed by atoms with van der Waals surface area (Å²) in [6.07, 6.45) is 0.907. The molecule has 0 radical (unpaired) electrons. The first kappa shape index (κ1) is 15.6. The zero-order valence-corrected chi connectivity index (χ0v) is 13.0. The Morgan fingerprint density at radius 1 is 1.48 bits per heavy atom. The normalized spacial score (nSPS) is 24.7. The summed E-state index contributed by atoms with van der Waals surface area (Å²) in [5, 5.41) is 11.0. The number of piperidine rings is 1. The molecule has 6 heteroatoms. The topological polar surface area (TPSA) is 81.6 Å². The summed E-state index contributed by atoms with van der Waals surface area (Å²) in [4.78, 5) is 12.8. The molecule has 1 aromatic carbocycles. The summed E-state index contributed by atoms with van der Waals surface area (Å²) in [7, 11) is 1.45. The van der Waals surface area contributed by atoms with Gasteiger partial charge in [-0.1, -0.05) is 6.92 Å². The molecule has 0 saturated carbocycles. The van der Waals surface area contributed by atoms with E-state index in [1.54, 1.807) is 12.1 Å². The molecule has 2 rings (SSSR count). The van der Waals surface area contributed by atoms with Gasteiger partial charge in [-0.25, -0.2) is 0 Å². The van der Waals surface area contributed by atoms with E-state index in [4.69, 9.17) is 10.5 Å². The molecule has 1 fully saturated rings. The maximum atomic E-state index is 11.0. The van der Waals surface area contributed by atoms with E-state index < -0.39 is 4.92 Å². The van der Waals surface area contributed by atoms with Crippen LogP contribution in [0.2, 0.25) is 0 Å². The molecule has 1 aromatic rings. The fourth-order valence-corrected chi connectivity index (χ4v) is 3.03. The van der Waals surface area contributed by atoms with Gasteiger partial charge in [0.25, 0.3) is 0 Å². The molecule has 1 heterocycles. The largest absolute Gasteiger partial charge is 0.490 e. The van der Waals surface area contributed by atoms with Gasteiger partial charge in [0, 0.05) is 35.9 Å². The zero-order chi connectivity index (χ0) is 15.8. The minimum atomic E-state index is -0.428. The van der Waals surface area contributed by atoms with Crippen LogP contribution in [0, 0.1) is 16.0 Å². The Kier molecular flexibility index (Phi) is 4.09. The Morgan fingerprint density at radius 2 is 2.14 bits per heavy atom. The molecule has 21 heavy (non-hydrogen) atoms. The van der Waals surface area contributed by atoms with Crippen LogP contribution in [-0.2, 0) is 0 Å². The first-order chi connectivity index (χ1) is 9.78. The highest BCUT2D eigenvalue weighted by Gasteiger charge is 2.40. The van der Waals surface area contributed by atoms with Gasteiger partial charge in [-0.15, -0.1) is 0 Å². The molecule has 0 aromatic heterocycles. The first-order valence-electron chi connectivity index (χ1n) is 7.14. The first-order valence-corrected chi connectivity index (χ1v) is 7.14. The van der Waals surface area contributed by atoms with Crippen molar-refractivity contribution >= 4 is 11.4 Å². The molecule has 0 bridgehead atoms. The number of hydrogen-bond donors (Lipinski definition) is 1. The van der Waals surface area contributed by atoms with Crippen molar-refractivity contribution in [3.05, 3.63) is 28.3 Å². The van der Waals surface area contributed by atoms with Crippen molar-refractivity contribution in [2.24, 2.45) is 11.7 Å². The van der Waals surface area contributed by atoms with Gasteiger partial charge in [0.2, 0.25) is 0 Å². The minimum Gasteiger partial charge on any atom is -0.490 e. The number of ether oxygens (including phenoxy) is 1. The second-order valence-corrected chi connectivity index (χ2v) is 6.16. The lowest BCUT2D eigenvalue weighted by Gasteiger charge is -2.51. The highest BCUT2D eigenvalue weighted by molar-refractivity contribution is 5.60. The third-order valence-corrected chi connectivity index (χ3v) is 4.81. The number of anilines is 1. The van der Waals surface area contributed by atoms with Crippen LogP contribution in [0.5, 0.6) is 5.75 Å². The lowest BCUT2D eigenvalue weighted by Crippen LogP contribution is -2.59. The quantitative estimate of drug-likeness (QED) is 0.684. The van der Waals surface area contributed by atoms with Crippen molar-refractivity contribution in [3.63, 3.8) is 0 Å². The van der Waals surface area contributed by atoms with Crippen LogP contribution in [0.3, 0.4) is 0 Å². The summed E-state index contributed by atoms with van der Waals surface area (Å²) < 4.78 is 5.16. The van der Waals surface area contributed by atoms with E-state index in [2.05, 4.69) is 25.7 Å². The number of methoxy groups -OCH3 is 1. The monoisotopic (exact) mass is 293 g/mol. The highest BCUT2D eigenvalue weighted by atomic mass is 16.6. The van der Waals surface area contributed by atoms with Crippen LogP contribution in [-0.4, -0.2) is 30.2 Å². The maximum absolute atomic E-state index is 11.0. The van der Waals surface area contributed by atoms with E-state index in [-0.39, 0.29) is 23.0 Å². The van der Waals surface area contributed by atoms with Gasteiger partial charge in [-0.05, 0) is 32.3 Å². The number of hydrogen-bond acceptors (Lipinski definition) is 5. The van der Waals surface area contributed by atoms with E-state index in [9.17, 15) is 10.1 Å². The summed E-state index contributed by atoms with van der Waals surface area (Å²) >= 11 is 0. The number of nitrogens with zero attached hydrogens (tertiary/aromatic N) is 2. The molecule has 2 N–H and O–H groups in total. The Balaban J connectivity index is 2.40. The molecule has 116 valence electrons. The van der Waals surface area contributed by atoms with Crippen molar-refractivity contribution in [2.75, 3.05) is 18.6 Å². The summed E-state index contributed by atoms with van der Waals surface area (Å²) in [6.45, 7) is 7.30. The van der Waals surface area contributed by atoms with Gasteiger partial charge in [-0.3, -0.25) is 10.1 Å². The SMILES string of the molecule is COc1cc(N2CCC(N)C(C)C2(C)C)ccc1[N+](=O)[O-]. The average molecular weight is 293 g/mol. The number of rotatable bonds is 3. The van der Waals surface area contributed by atoms with Crippen LogP contribution in [0.25, 0.3) is 0 Å². The molecule has 1 aliphatic rings. The second-order valence-electron chi connectivity index (χ2n) is 6.16. The van der Waals surface area contributed by atoms with E-state index in [0.717, 1.165) is 18.7 Å². The number of nitro benzene ring substituents is 1. The van der Waals surface area contributed by atoms with Crippen molar-refractivity contribution in [1.29, 1.82) is 0 Å². The smallest absolute Gasteiger partial charge is 0.311 e. The van der Waals surface area contributed by atoms with Gasteiger partial charge in [0.1, 0.15) is 0 Å². The van der Waals surface area contributed by atoms with Crippen molar-refractivity contribution in [2.45, 2.75) is 38.8 Å². The Morgan fingerprint density at radius 3 is 2.71 bits per heavy atom. The van der Waals surface area contributed by atoms with Crippen LogP contribution < -0.4 is 15.4 Å². The van der Waals surface area contributed by atoms with Crippen LogP contribution in [0.1, 0.15) is 27.2 Å². The summed E-state index contributed by atoms with van der Waals surface area (Å²) in [5.74, 6) is 0.614. The third-order valence-electron chi connectivity index (χ3n) is 4.81. The van der Waals surface area contributed by atoms with Crippen LogP contribution >= 0.6 is 0 Å². The van der Waals surface area contributed by atoms with Gasteiger partial charge in [0.15, 0.2) is 5.75 Å². The Hall–Kier alpha value is -1.82. The third kappa shape index (κ3) is 2.68. The standard InChI is InChI=1S/C15H23N3O3/c1-10-12(16)7-8-17(15(10,2)3)11-5-6-13(18(19)20)14(9-11)21-4/h5-6,9-10,12H,7-8,16H2,1-4H3. The molecular formula is C15H23N3O3. The number of benzene rings is 1. The summed E-state index contributed by atoms with van der Waals surface area (Å²) in [6, 6.07) is 5.20. The fourth-order valence-electron chi connectivity index (χ4n) is 3.03. The van der Waals surface area contributed by atoms with Crippen LogP contribution in [0.15, 0.2) is 18.2 Å². The zero-order valence-electron chi connectivity index (χ0n) is 13.0. The van der Waals surface area contributed by atoms with Gasteiger partial charge >= 0.3 is 5.69 Å². The predicted molar refractivity (Wildman–Crippen MR) is 82.8 cm³/mol. The van der Waals surface area contributed by atoms with Gasteiger partial charge in [0.05, 0.1) is 12.0 Å². The average Bonchev–Trinajstić information content (AvgIpc) is 2.44. The Labute approximate surface area is 125 Å². The molecule has 1 aliphatic heterocycles. The lowest BCUT2D eigenvalue weighted by atomic mass is 9.77. The van der Waals surface area contributed by atoms with Gasteiger partial charge in [-0.2, -0.15) is 0 Å². The van der Waals surface area contributed by atoms with Gasteiger partial charge < -0.3 is 15.4 Å². The molecule has 0 spiro atoms. The molecule has 2 atom stereocenters.